The van der Waals surface area contributed by atoms with Crippen molar-refractivity contribution in [1.29, 1.82) is 0 Å². The average molecular weight is 197 g/mol. The Morgan fingerprint density at radius 1 is 1.62 bits per heavy atom. The fourth-order valence-corrected chi connectivity index (χ4v) is 1.04. The monoisotopic (exact) mass is 196 g/mol. The van der Waals surface area contributed by atoms with Gasteiger partial charge in [0.1, 0.15) is 0 Å². The summed E-state index contributed by atoms with van der Waals surface area (Å²) < 4.78 is 0. The summed E-state index contributed by atoms with van der Waals surface area (Å²) in [7, 11) is 0. The third kappa shape index (κ3) is 1.87. The molecule has 68 valence electrons. The van der Waals surface area contributed by atoms with E-state index in [4.69, 9.17) is 11.6 Å². The summed E-state index contributed by atoms with van der Waals surface area (Å²) in [6, 6.07) is 0. The standard InChI is InChI=1S/C9H9ClN2O/c1-5(7(3)13)9-8(6(2)10)4-11-12-9/h4H,1-2H2,3H3,(H,11,12). The number of nitrogens with zero attached hydrogens (tertiary/aromatic N) is 1. The number of hydrogen-bond donors (Lipinski definition) is 1. The Labute approximate surface area is 81.1 Å². The predicted octanol–water partition coefficient (Wildman–Crippen LogP) is 2.22. The Morgan fingerprint density at radius 3 is 2.69 bits per heavy atom. The van der Waals surface area contributed by atoms with Crippen LogP contribution in [0.1, 0.15) is 18.2 Å². The van der Waals surface area contributed by atoms with Crippen LogP contribution in [0.25, 0.3) is 10.6 Å². The first-order valence-electron chi connectivity index (χ1n) is 3.62. The number of halogens is 1. The van der Waals surface area contributed by atoms with E-state index in [1.54, 1.807) is 0 Å². The zero-order valence-electron chi connectivity index (χ0n) is 7.22. The largest absolute Gasteiger partial charge is 0.294 e. The van der Waals surface area contributed by atoms with E-state index in [2.05, 4.69) is 23.4 Å². The molecule has 0 spiro atoms. The molecule has 0 aliphatic rings. The van der Waals surface area contributed by atoms with Crippen molar-refractivity contribution in [2.45, 2.75) is 6.92 Å². The Bertz CT molecular complexity index is 379. The van der Waals surface area contributed by atoms with E-state index in [0.29, 0.717) is 21.9 Å². The van der Waals surface area contributed by atoms with Crippen LogP contribution in [0.2, 0.25) is 0 Å². The Hall–Kier alpha value is -1.35. The first-order chi connectivity index (χ1) is 6.04. The minimum Gasteiger partial charge on any atom is -0.294 e. The van der Waals surface area contributed by atoms with Crippen molar-refractivity contribution in [1.82, 2.24) is 10.2 Å². The van der Waals surface area contributed by atoms with Gasteiger partial charge < -0.3 is 0 Å². The number of aromatic amines is 1. The first-order valence-corrected chi connectivity index (χ1v) is 4.00. The number of hydrogen-bond acceptors (Lipinski definition) is 2. The minimum atomic E-state index is -0.122. The maximum Gasteiger partial charge on any atom is 0.161 e. The van der Waals surface area contributed by atoms with Crippen LogP contribution in [0.15, 0.2) is 19.4 Å². The SMILES string of the molecule is C=C(Cl)c1cn[nH]c1C(=C)C(C)=O. The second-order valence-electron chi connectivity index (χ2n) is 2.60. The molecule has 0 radical (unpaired) electrons. The zero-order valence-corrected chi connectivity index (χ0v) is 7.98. The molecule has 0 unspecified atom stereocenters. The van der Waals surface area contributed by atoms with Crippen LogP contribution in [-0.2, 0) is 4.79 Å². The molecule has 0 fully saturated rings. The molecule has 1 N–H and O–H groups in total. The first kappa shape index (κ1) is 9.74. The third-order valence-corrected chi connectivity index (χ3v) is 1.86. The van der Waals surface area contributed by atoms with E-state index in [1.165, 1.54) is 13.1 Å². The van der Waals surface area contributed by atoms with Crippen molar-refractivity contribution in [2.24, 2.45) is 0 Å². The average Bonchev–Trinajstić information content (AvgIpc) is 2.50. The van der Waals surface area contributed by atoms with Crippen LogP contribution < -0.4 is 0 Å². The smallest absolute Gasteiger partial charge is 0.161 e. The van der Waals surface area contributed by atoms with Crippen LogP contribution in [0.4, 0.5) is 0 Å². The normalized spacial score (nSPS) is 9.69. The number of allylic oxidation sites excluding steroid dienone is 1. The van der Waals surface area contributed by atoms with Gasteiger partial charge in [-0.25, -0.2) is 0 Å². The Balaban J connectivity index is 3.15. The number of carbonyl (C=O) groups excluding carboxylic acids is 1. The van der Waals surface area contributed by atoms with Crippen molar-refractivity contribution in [3.8, 4) is 0 Å². The molecule has 0 aliphatic heterocycles. The molecular weight excluding hydrogens is 188 g/mol. The van der Waals surface area contributed by atoms with Crippen molar-refractivity contribution in [3.63, 3.8) is 0 Å². The van der Waals surface area contributed by atoms with Gasteiger partial charge in [-0.2, -0.15) is 5.10 Å². The van der Waals surface area contributed by atoms with Gasteiger partial charge >= 0.3 is 0 Å². The minimum absolute atomic E-state index is 0.122. The lowest BCUT2D eigenvalue weighted by molar-refractivity contribution is -0.111. The van der Waals surface area contributed by atoms with Crippen LogP contribution in [0, 0.1) is 0 Å². The second-order valence-corrected chi connectivity index (χ2v) is 3.05. The Morgan fingerprint density at radius 2 is 2.23 bits per heavy atom. The summed E-state index contributed by atoms with van der Waals surface area (Å²) in [5.41, 5.74) is 1.50. The molecule has 0 aromatic carbocycles. The van der Waals surface area contributed by atoms with Gasteiger partial charge in [0.25, 0.3) is 0 Å². The van der Waals surface area contributed by atoms with Crippen molar-refractivity contribution in [3.05, 3.63) is 30.6 Å². The number of carbonyl (C=O) groups is 1. The quantitative estimate of drug-likeness (QED) is 0.754. The lowest BCUT2D eigenvalue weighted by atomic mass is 10.1. The molecule has 1 rings (SSSR count). The molecule has 1 heterocycles. The van der Waals surface area contributed by atoms with Gasteiger partial charge in [0.05, 0.1) is 11.9 Å². The second kappa shape index (κ2) is 3.58. The molecule has 1 aromatic rings. The van der Waals surface area contributed by atoms with Crippen molar-refractivity contribution in [2.75, 3.05) is 0 Å². The fourth-order valence-electron chi connectivity index (χ4n) is 0.898. The molecule has 0 amide bonds. The topological polar surface area (TPSA) is 45.8 Å². The van der Waals surface area contributed by atoms with E-state index in [0.717, 1.165) is 0 Å². The molecule has 0 aliphatic carbocycles. The van der Waals surface area contributed by atoms with Crippen LogP contribution in [0.5, 0.6) is 0 Å². The molecule has 13 heavy (non-hydrogen) atoms. The molecular formula is C9H9ClN2O. The number of ketones is 1. The summed E-state index contributed by atoms with van der Waals surface area (Å²) >= 11 is 5.69. The molecule has 0 atom stereocenters. The Kier molecular flexibility index (Phi) is 2.68. The predicted molar refractivity (Wildman–Crippen MR) is 53.2 cm³/mol. The van der Waals surface area contributed by atoms with E-state index < -0.39 is 0 Å². The number of aromatic nitrogens is 2. The molecule has 4 heteroatoms. The van der Waals surface area contributed by atoms with Crippen LogP contribution in [0.3, 0.4) is 0 Å². The summed E-state index contributed by atoms with van der Waals surface area (Å²) in [6.07, 6.45) is 1.51. The summed E-state index contributed by atoms with van der Waals surface area (Å²) in [5, 5.41) is 6.76. The lowest BCUT2D eigenvalue weighted by Crippen LogP contribution is -1.96. The fraction of sp³-hybridized carbons (Fsp3) is 0.111. The maximum atomic E-state index is 11.0. The van der Waals surface area contributed by atoms with Gasteiger partial charge in [0.2, 0.25) is 0 Å². The van der Waals surface area contributed by atoms with Crippen LogP contribution >= 0.6 is 11.6 Å². The third-order valence-electron chi connectivity index (χ3n) is 1.66. The van der Waals surface area contributed by atoms with Gasteiger partial charge in [-0.3, -0.25) is 9.89 Å². The van der Waals surface area contributed by atoms with E-state index in [9.17, 15) is 4.79 Å². The van der Waals surface area contributed by atoms with Gasteiger partial charge in [0.15, 0.2) is 5.78 Å². The maximum absolute atomic E-state index is 11.0. The number of H-pyrrole nitrogens is 1. The highest BCUT2D eigenvalue weighted by Crippen LogP contribution is 2.23. The molecule has 0 bridgehead atoms. The molecule has 0 saturated carbocycles. The van der Waals surface area contributed by atoms with E-state index in [-0.39, 0.29) is 5.78 Å². The van der Waals surface area contributed by atoms with Crippen molar-refractivity contribution < 1.29 is 4.79 Å². The number of rotatable bonds is 3. The summed E-state index contributed by atoms with van der Waals surface area (Å²) in [5.74, 6) is -0.122. The van der Waals surface area contributed by atoms with Gasteiger partial charge in [-0.1, -0.05) is 24.8 Å². The summed E-state index contributed by atoms with van der Waals surface area (Å²) in [4.78, 5) is 11.0. The zero-order chi connectivity index (χ0) is 10.0. The molecule has 1 aromatic heterocycles. The van der Waals surface area contributed by atoms with Gasteiger partial charge in [-0.15, -0.1) is 0 Å². The van der Waals surface area contributed by atoms with Crippen molar-refractivity contribution >= 4 is 28.0 Å². The lowest BCUT2D eigenvalue weighted by Gasteiger charge is -2.00. The van der Waals surface area contributed by atoms with Crippen LogP contribution in [-0.4, -0.2) is 16.0 Å². The van der Waals surface area contributed by atoms with Gasteiger partial charge in [-0.05, 0) is 6.92 Å². The van der Waals surface area contributed by atoms with Gasteiger partial charge in [0, 0.05) is 16.2 Å². The van der Waals surface area contributed by atoms with E-state index >= 15 is 0 Å². The number of Topliss-reactive ketones (excluding diaryl/α,β-unsaturated/α-hetero) is 1. The molecule has 0 saturated heterocycles. The number of nitrogens with one attached hydrogen (secondary N) is 1. The summed E-state index contributed by atoms with van der Waals surface area (Å²) in [6.45, 7) is 8.61. The van der Waals surface area contributed by atoms with E-state index in [1.807, 2.05) is 0 Å². The highest BCUT2D eigenvalue weighted by molar-refractivity contribution is 6.48. The highest BCUT2D eigenvalue weighted by atomic mass is 35.5. The highest BCUT2D eigenvalue weighted by Gasteiger charge is 2.12. The molecule has 3 nitrogen and oxygen atoms in total.